The number of carboxylic acids is 1. The van der Waals surface area contributed by atoms with Crippen molar-refractivity contribution >= 4 is 28.2 Å². The van der Waals surface area contributed by atoms with E-state index in [4.69, 9.17) is 14.2 Å². The minimum atomic E-state index is -1.72. The monoisotopic (exact) mass is 597 g/mol. The van der Waals surface area contributed by atoms with Crippen LogP contribution in [0.3, 0.4) is 0 Å². The van der Waals surface area contributed by atoms with Crippen molar-refractivity contribution in [3.63, 3.8) is 0 Å². The summed E-state index contributed by atoms with van der Waals surface area (Å²) in [7, 11) is 1.60. The molecule has 2 saturated heterocycles. The summed E-state index contributed by atoms with van der Waals surface area (Å²) in [5.41, 5.74) is -0.0355. The molecule has 3 aliphatic heterocycles. The zero-order chi connectivity index (χ0) is 29.8. The Morgan fingerprint density at radius 2 is 1.83 bits per heavy atom. The van der Waals surface area contributed by atoms with Gasteiger partial charge in [-0.2, -0.15) is 10.2 Å². The SMILES string of the molecule is COc1ccccc1[C@H](CN1c2sc(-n3nccn3)c(C)c2C(=O)N(C(C)(C)C(=O)O)C1O)OC1C[C@H]2CC[C@@H](C1)O2. The molecule has 2 fully saturated rings. The van der Waals surface area contributed by atoms with E-state index in [1.807, 2.05) is 24.3 Å². The number of hydrogen-bond acceptors (Lipinski definition) is 10. The van der Waals surface area contributed by atoms with E-state index in [0.717, 1.165) is 36.1 Å². The highest BCUT2D eigenvalue weighted by molar-refractivity contribution is 7.19. The molecule has 6 rings (SSSR count). The minimum Gasteiger partial charge on any atom is -0.496 e. The molecule has 2 aromatic heterocycles. The smallest absolute Gasteiger partial charge is 0.329 e. The van der Waals surface area contributed by atoms with Crippen LogP contribution in [0, 0.1) is 6.92 Å². The van der Waals surface area contributed by atoms with Crippen LogP contribution >= 0.6 is 11.3 Å². The van der Waals surface area contributed by atoms with E-state index in [0.29, 0.717) is 26.9 Å². The molecule has 13 heteroatoms. The molecular weight excluding hydrogens is 562 g/mol. The fourth-order valence-corrected chi connectivity index (χ4v) is 7.47. The molecule has 3 aromatic rings. The number of carbonyl (C=O) groups excluding carboxylic acids is 1. The summed E-state index contributed by atoms with van der Waals surface area (Å²) in [6, 6.07) is 7.57. The van der Waals surface area contributed by atoms with Gasteiger partial charge in [-0.1, -0.05) is 29.5 Å². The lowest BCUT2D eigenvalue weighted by Crippen LogP contribution is -2.65. The van der Waals surface area contributed by atoms with E-state index >= 15 is 0 Å². The number of hydrogen-bond donors (Lipinski definition) is 2. The number of thiophene rings is 1. The Hall–Kier alpha value is -3.52. The zero-order valence-corrected chi connectivity index (χ0v) is 24.8. The molecule has 12 nitrogen and oxygen atoms in total. The quantitative estimate of drug-likeness (QED) is 0.377. The number of carbonyl (C=O) groups is 2. The Morgan fingerprint density at radius 1 is 1.17 bits per heavy atom. The van der Waals surface area contributed by atoms with Crippen LogP contribution in [-0.2, 0) is 14.3 Å². The molecule has 2 N–H and O–H groups in total. The number of para-hydroxylation sites is 1. The van der Waals surface area contributed by atoms with E-state index < -0.39 is 29.9 Å². The predicted octanol–water partition coefficient (Wildman–Crippen LogP) is 3.52. The second-order valence-corrected chi connectivity index (χ2v) is 12.5. The van der Waals surface area contributed by atoms with Gasteiger partial charge in [0.2, 0.25) is 6.35 Å². The number of methoxy groups -OCH3 is 1. The van der Waals surface area contributed by atoms with Crippen LogP contribution in [-0.4, -0.2) is 85.8 Å². The standard InChI is InChI=1S/C29H35N5O7S/c1-16-23-24(35)33(29(2,3)27(36)37)28(38)32(26(23)42-25(16)34-30-11-12-31-34)15-22(20-7-5-6-8-21(20)39-4)41-19-13-17-9-10-18(14-19)40-17/h5-8,11-12,17-19,22,28,38H,9-10,13-15H2,1-4H3,(H,36,37)/t17-,18+,19?,22-,28?/m0/s1. The number of aromatic nitrogens is 3. The molecule has 5 atom stereocenters. The third-order valence-corrected chi connectivity index (χ3v) is 9.78. The van der Waals surface area contributed by atoms with Gasteiger partial charge >= 0.3 is 5.97 Å². The van der Waals surface area contributed by atoms with E-state index in [-0.39, 0.29) is 24.9 Å². The fourth-order valence-electron chi connectivity index (χ4n) is 6.22. The number of aliphatic carboxylic acids is 1. The number of amides is 1. The molecule has 0 spiro atoms. The van der Waals surface area contributed by atoms with Crippen molar-refractivity contribution in [2.24, 2.45) is 0 Å². The van der Waals surface area contributed by atoms with Crippen molar-refractivity contribution in [3.8, 4) is 10.8 Å². The lowest BCUT2D eigenvalue weighted by atomic mass is 9.98. The van der Waals surface area contributed by atoms with Crippen molar-refractivity contribution in [1.82, 2.24) is 19.9 Å². The van der Waals surface area contributed by atoms with Crippen molar-refractivity contribution in [2.75, 3.05) is 18.6 Å². The highest BCUT2D eigenvalue weighted by atomic mass is 32.1. The van der Waals surface area contributed by atoms with Gasteiger partial charge in [0.1, 0.15) is 27.4 Å². The van der Waals surface area contributed by atoms with Gasteiger partial charge in [0.05, 0.1) is 49.9 Å². The van der Waals surface area contributed by atoms with E-state index in [9.17, 15) is 19.8 Å². The summed E-state index contributed by atoms with van der Waals surface area (Å²) in [4.78, 5) is 30.4. The van der Waals surface area contributed by atoms with Gasteiger partial charge in [-0.25, -0.2) is 4.79 Å². The maximum Gasteiger partial charge on any atom is 0.329 e. The van der Waals surface area contributed by atoms with Crippen LogP contribution in [0.4, 0.5) is 5.00 Å². The van der Waals surface area contributed by atoms with Crippen molar-refractivity contribution in [2.45, 2.75) is 82.8 Å². The van der Waals surface area contributed by atoms with E-state index in [2.05, 4.69) is 10.2 Å². The summed E-state index contributed by atoms with van der Waals surface area (Å²) in [5, 5.41) is 31.5. The summed E-state index contributed by atoms with van der Waals surface area (Å²) < 4.78 is 18.6. The number of benzene rings is 1. The number of ether oxygens (including phenoxy) is 3. The molecule has 1 aromatic carbocycles. The fraction of sp³-hybridized carbons (Fsp3) is 0.517. The van der Waals surface area contributed by atoms with Crippen LogP contribution < -0.4 is 9.64 Å². The first-order valence-corrected chi connectivity index (χ1v) is 14.9. The topological polar surface area (TPSA) is 139 Å². The lowest BCUT2D eigenvalue weighted by molar-refractivity contribution is -0.154. The Kier molecular flexibility index (Phi) is 7.46. The number of rotatable bonds is 9. The van der Waals surface area contributed by atoms with Crippen LogP contribution in [0.15, 0.2) is 36.7 Å². The molecule has 0 radical (unpaired) electrons. The summed E-state index contributed by atoms with van der Waals surface area (Å²) in [6.45, 7) is 4.71. The number of carboxylic acid groups (broad SMARTS) is 1. The van der Waals surface area contributed by atoms with Crippen LogP contribution in [0.2, 0.25) is 0 Å². The van der Waals surface area contributed by atoms with Gasteiger partial charge in [-0.3, -0.25) is 9.69 Å². The third kappa shape index (κ3) is 4.83. The van der Waals surface area contributed by atoms with Gasteiger partial charge < -0.3 is 29.3 Å². The molecule has 1 amide bonds. The van der Waals surface area contributed by atoms with E-state index in [1.165, 1.54) is 30.0 Å². The first kappa shape index (κ1) is 28.6. The zero-order valence-electron chi connectivity index (χ0n) is 24.0. The van der Waals surface area contributed by atoms with Gasteiger partial charge in [-0.15, -0.1) is 4.80 Å². The van der Waals surface area contributed by atoms with Crippen LogP contribution in [0.25, 0.3) is 5.00 Å². The average Bonchev–Trinajstić information content (AvgIpc) is 3.69. The molecule has 5 heterocycles. The summed E-state index contributed by atoms with van der Waals surface area (Å²) >= 11 is 1.26. The summed E-state index contributed by atoms with van der Waals surface area (Å²) in [5.74, 6) is -1.19. The number of fused-ring (bicyclic) bond motifs is 3. The average molecular weight is 598 g/mol. The first-order valence-electron chi connectivity index (χ1n) is 14.1. The van der Waals surface area contributed by atoms with Gasteiger partial charge in [0.25, 0.3) is 5.91 Å². The highest BCUT2D eigenvalue weighted by Gasteiger charge is 2.50. The maximum absolute atomic E-state index is 13.9. The highest BCUT2D eigenvalue weighted by Crippen LogP contribution is 2.46. The Morgan fingerprint density at radius 3 is 2.48 bits per heavy atom. The maximum atomic E-state index is 13.9. The summed E-state index contributed by atoms with van der Waals surface area (Å²) in [6.07, 6.45) is 4.71. The van der Waals surface area contributed by atoms with Gasteiger partial charge in [0.15, 0.2) is 0 Å². The second-order valence-electron chi connectivity index (χ2n) is 11.5. The van der Waals surface area contributed by atoms with Crippen LogP contribution in [0.5, 0.6) is 5.75 Å². The van der Waals surface area contributed by atoms with Crippen molar-refractivity contribution in [3.05, 3.63) is 53.3 Å². The minimum absolute atomic E-state index is 0.0744. The number of aliphatic hydroxyl groups excluding tert-OH is 1. The third-order valence-electron chi connectivity index (χ3n) is 8.48. The molecule has 2 bridgehead atoms. The molecule has 3 aliphatic rings. The molecule has 2 unspecified atom stereocenters. The first-order chi connectivity index (χ1) is 20.1. The second kappa shape index (κ2) is 11.0. The molecule has 224 valence electrons. The Labute approximate surface area is 247 Å². The largest absolute Gasteiger partial charge is 0.496 e. The predicted molar refractivity (Wildman–Crippen MR) is 153 cm³/mol. The van der Waals surface area contributed by atoms with Gasteiger partial charge in [0, 0.05) is 11.1 Å². The Balaban J connectivity index is 1.45. The number of aliphatic hydroxyl groups is 1. The molecule has 0 aliphatic carbocycles. The van der Waals surface area contributed by atoms with E-state index in [1.54, 1.807) is 31.3 Å². The van der Waals surface area contributed by atoms with Crippen LogP contribution in [0.1, 0.15) is 67.1 Å². The molecular formula is C29H35N5O7S. The number of nitrogens with zero attached hydrogens (tertiary/aromatic N) is 5. The van der Waals surface area contributed by atoms with Crippen molar-refractivity contribution < 1.29 is 34.0 Å². The molecule has 0 saturated carbocycles. The lowest BCUT2D eigenvalue weighted by Gasteiger charge is -2.47. The Bertz CT molecular complexity index is 1460. The number of anilines is 1. The molecule has 42 heavy (non-hydrogen) atoms. The van der Waals surface area contributed by atoms with Crippen molar-refractivity contribution in [1.29, 1.82) is 0 Å². The normalized spacial score (nSPS) is 24.5. The van der Waals surface area contributed by atoms with Gasteiger partial charge in [-0.05, 0) is 52.5 Å².